The summed E-state index contributed by atoms with van der Waals surface area (Å²) in [5.41, 5.74) is 0.544. The number of piperazine rings is 1. The minimum atomic E-state index is -3.93. The topological polar surface area (TPSA) is 69.7 Å². The molecule has 1 aliphatic heterocycles. The van der Waals surface area contributed by atoms with E-state index in [0.717, 1.165) is 25.2 Å². The van der Waals surface area contributed by atoms with E-state index in [1.165, 1.54) is 37.8 Å². The minimum Gasteiger partial charge on any atom is -0.336 e. The van der Waals surface area contributed by atoms with Crippen molar-refractivity contribution < 1.29 is 17.6 Å². The van der Waals surface area contributed by atoms with E-state index < -0.39 is 15.8 Å². The first kappa shape index (κ1) is 20.8. The van der Waals surface area contributed by atoms with Gasteiger partial charge >= 0.3 is 0 Å². The van der Waals surface area contributed by atoms with Crippen LogP contribution in [0.15, 0.2) is 53.4 Å². The third-order valence-electron chi connectivity index (χ3n) is 5.97. The van der Waals surface area contributed by atoms with Crippen molar-refractivity contribution in [2.24, 2.45) is 0 Å². The first-order valence-corrected chi connectivity index (χ1v) is 11.8. The summed E-state index contributed by atoms with van der Waals surface area (Å²) in [5.74, 6) is -0.695. The molecule has 4 rings (SSSR count). The monoisotopic (exact) mass is 431 g/mol. The Hall–Kier alpha value is -2.45. The van der Waals surface area contributed by atoms with Crippen LogP contribution in [0.5, 0.6) is 0 Å². The van der Waals surface area contributed by atoms with Crippen molar-refractivity contribution >= 4 is 21.6 Å². The van der Waals surface area contributed by atoms with Crippen LogP contribution >= 0.6 is 0 Å². The van der Waals surface area contributed by atoms with Gasteiger partial charge in [-0.15, -0.1) is 0 Å². The van der Waals surface area contributed by atoms with Gasteiger partial charge in [-0.2, -0.15) is 0 Å². The van der Waals surface area contributed by atoms with Gasteiger partial charge in [-0.05, 0) is 49.2 Å². The Kier molecular flexibility index (Phi) is 6.06. The number of amides is 1. The Labute approximate surface area is 176 Å². The second-order valence-electron chi connectivity index (χ2n) is 7.87. The van der Waals surface area contributed by atoms with Gasteiger partial charge in [0.1, 0.15) is 5.82 Å². The van der Waals surface area contributed by atoms with Gasteiger partial charge in [0.15, 0.2) is 0 Å². The van der Waals surface area contributed by atoms with Gasteiger partial charge in [0.2, 0.25) is 0 Å². The lowest BCUT2D eigenvalue weighted by atomic mass is 10.1. The Balaban J connectivity index is 1.47. The normalized spacial score (nSPS) is 18.5. The number of halogens is 1. The third kappa shape index (κ3) is 4.49. The molecule has 2 aromatic carbocycles. The molecule has 1 saturated carbocycles. The smallest absolute Gasteiger partial charge is 0.261 e. The number of nitrogens with one attached hydrogen (secondary N) is 1. The van der Waals surface area contributed by atoms with Crippen LogP contribution in [0.4, 0.5) is 10.1 Å². The van der Waals surface area contributed by atoms with Crippen LogP contribution in [0.2, 0.25) is 0 Å². The number of carbonyl (C=O) groups is 1. The molecular formula is C22H26FN3O3S. The maximum Gasteiger partial charge on any atom is 0.261 e. The molecule has 1 aliphatic carbocycles. The van der Waals surface area contributed by atoms with E-state index in [9.17, 15) is 17.6 Å². The van der Waals surface area contributed by atoms with Crippen LogP contribution in [0.3, 0.4) is 0 Å². The Bertz CT molecular complexity index is 997. The number of nitrogens with zero attached hydrogens (tertiary/aromatic N) is 2. The number of hydrogen-bond acceptors (Lipinski definition) is 4. The highest BCUT2D eigenvalue weighted by atomic mass is 32.2. The van der Waals surface area contributed by atoms with Crippen molar-refractivity contribution in [1.29, 1.82) is 0 Å². The molecule has 30 heavy (non-hydrogen) atoms. The molecule has 0 bridgehead atoms. The van der Waals surface area contributed by atoms with E-state index in [-0.39, 0.29) is 16.5 Å². The molecule has 0 unspecified atom stereocenters. The summed E-state index contributed by atoms with van der Waals surface area (Å²) in [7, 11) is -3.93. The summed E-state index contributed by atoms with van der Waals surface area (Å²) in [6, 6.07) is 11.8. The molecule has 1 heterocycles. The van der Waals surface area contributed by atoms with Crippen LogP contribution in [-0.4, -0.2) is 56.3 Å². The first-order chi connectivity index (χ1) is 14.4. The maximum atomic E-state index is 13.1. The van der Waals surface area contributed by atoms with E-state index in [1.54, 1.807) is 29.2 Å². The Morgan fingerprint density at radius 1 is 0.933 bits per heavy atom. The highest BCUT2D eigenvalue weighted by Gasteiger charge is 2.29. The van der Waals surface area contributed by atoms with Crippen molar-refractivity contribution in [3.05, 3.63) is 59.9 Å². The van der Waals surface area contributed by atoms with Crippen LogP contribution in [0.25, 0.3) is 0 Å². The molecule has 1 saturated heterocycles. The molecule has 1 amide bonds. The highest BCUT2D eigenvalue weighted by Crippen LogP contribution is 2.26. The summed E-state index contributed by atoms with van der Waals surface area (Å²) in [6.07, 6.45) is 5.04. The van der Waals surface area contributed by atoms with E-state index in [2.05, 4.69) is 9.62 Å². The molecule has 1 N–H and O–H groups in total. The van der Waals surface area contributed by atoms with Crippen LogP contribution in [0, 0.1) is 5.82 Å². The maximum absolute atomic E-state index is 13.1. The average molecular weight is 432 g/mol. The molecule has 2 aromatic rings. The molecule has 8 heteroatoms. The molecule has 2 aliphatic rings. The predicted octanol–water partition coefficient (Wildman–Crippen LogP) is 3.33. The standard InChI is InChI=1S/C22H26FN3O3S/c23-17-9-11-19(12-10-17)30(28,29)24-21-8-4-3-7-20(21)22(27)26-15-13-25(14-16-26)18-5-1-2-6-18/h3-4,7-12,18,24H,1-2,5-6,13-16H2. The summed E-state index contributed by atoms with van der Waals surface area (Å²) in [5, 5.41) is 0. The highest BCUT2D eigenvalue weighted by molar-refractivity contribution is 7.92. The Morgan fingerprint density at radius 2 is 1.57 bits per heavy atom. The molecule has 0 atom stereocenters. The number of hydrogen-bond donors (Lipinski definition) is 1. The van der Waals surface area contributed by atoms with Gasteiger partial charge in [-0.1, -0.05) is 25.0 Å². The fourth-order valence-corrected chi connectivity index (χ4v) is 5.39. The predicted molar refractivity (Wildman–Crippen MR) is 113 cm³/mol. The molecule has 2 fully saturated rings. The largest absolute Gasteiger partial charge is 0.336 e. The third-order valence-corrected chi connectivity index (χ3v) is 7.35. The number of anilines is 1. The zero-order chi connectivity index (χ0) is 21.1. The molecule has 0 radical (unpaired) electrons. The van der Waals surface area contributed by atoms with Gasteiger partial charge in [-0.3, -0.25) is 14.4 Å². The summed E-state index contributed by atoms with van der Waals surface area (Å²) in [4.78, 5) is 17.3. The molecule has 0 spiro atoms. The average Bonchev–Trinajstić information content (AvgIpc) is 3.29. The lowest BCUT2D eigenvalue weighted by molar-refractivity contribution is 0.0574. The fourth-order valence-electron chi connectivity index (χ4n) is 4.31. The molecular weight excluding hydrogens is 405 g/mol. The van der Waals surface area contributed by atoms with E-state index in [4.69, 9.17) is 0 Å². The zero-order valence-corrected chi connectivity index (χ0v) is 17.6. The van der Waals surface area contributed by atoms with Crippen molar-refractivity contribution in [2.45, 2.75) is 36.6 Å². The van der Waals surface area contributed by atoms with Crippen molar-refractivity contribution in [1.82, 2.24) is 9.80 Å². The van der Waals surface area contributed by atoms with Gasteiger partial charge in [0.05, 0.1) is 16.1 Å². The van der Waals surface area contributed by atoms with Crippen molar-refractivity contribution in [3.63, 3.8) is 0 Å². The summed E-state index contributed by atoms with van der Waals surface area (Å²) in [6.45, 7) is 2.96. The first-order valence-electron chi connectivity index (χ1n) is 10.3. The van der Waals surface area contributed by atoms with Crippen molar-refractivity contribution in [3.8, 4) is 0 Å². The van der Waals surface area contributed by atoms with E-state index >= 15 is 0 Å². The lowest BCUT2D eigenvalue weighted by Crippen LogP contribution is -2.51. The SMILES string of the molecule is O=C(c1ccccc1NS(=O)(=O)c1ccc(F)cc1)N1CCN(C2CCCC2)CC1. The fraction of sp³-hybridized carbons (Fsp3) is 0.409. The lowest BCUT2D eigenvalue weighted by Gasteiger charge is -2.38. The number of benzene rings is 2. The summed E-state index contributed by atoms with van der Waals surface area (Å²) >= 11 is 0. The molecule has 160 valence electrons. The van der Waals surface area contributed by atoms with E-state index in [0.29, 0.717) is 24.7 Å². The van der Waals surface area contributed by atoms with Crippen molar-refractivity contribution in [2.75, 3.05) is 30.9 Å². The molecule has 0 aromatic heterocycles. The number of sulfonamides is 1. The van der Waals surface area contributed by atoms with Gasteiger partial charge in [0, 0.05) is 32.2 Å². The van der Waals surface area contributed by atoms with Crippen LogP contribution in [-0.2, 0) is 10.0 Å². The van der Waals surface area contributed by atoms with Gasteiger partial charge < -0.3 is 4.90 Å². The second-order valence-corrected chi connectivity index (χ2v) is 9.55. The van der Waals surface area contributed by atoms with E-state index in [1.807, 2.05) is 0 Å². The Morgan fingerprint density at radius 3 is 2.23 bits per heavy atom. The second kappa shape index (κ2) is 8.73. The summed E-state index contributed by atoms with van der Waals surface area (Å²) < 4.78 is 41.0. The number of carbonyl (C=O) groups excluding carboxylic acids is 1. The quantitative estimate of drug-likeness (QED) is 0.789. The molecule has 6 nitrogen and oxygen atoms in total. The minimum absolute atomic E-state index is 0.0590. The number of rotatable bonds is 5. The van der Waals surface area contributed by atoms with Gasteiger partial charge in [0.25, 0.3) is 15.9 Å². The zero-order valence-electron chi connectivity index (χ0n) is 16.8. The number of para-hydroxylation sites is 1. The van der Waals surface area contributed by atoms with Gasteiger partial charge in [-0.25, -0.2) is 12.8 Å². The van der Waals surface area contributed by atoms with Crippen LogP contribution in [0.1, 0.15) is 36.0 Å². The van der Waals surface area contributed by atoms with Crippen LogP contribution < -0.4 is 4.72 Å².